The first-order valence-corrected chi connectivity index (χ1v) is 9.08. The largest absolute Gasteiger partial charge is 0.361 e. The van der Waals surface area contributed by atoms with Gasteiger partial charge in [0, 0.05) is 12.1 Å². The molecule has 0 heterocycles. The van der Waals surface area contributed by atoms with Crippen molar-refractivity contribution in [2.75, 3.05) is 0 Å². The van der Waals surface area contributed by atoms with E-state index in [2.05, 4.69) is 69.1 Å². The third kappa shape index (κ3) is 9.55. The second kappa shape index (κ2) is 5.97. The van der Waals surface area contributed by atoms with Crippen LogP contribution in [-0.2, 0) is 0 Å². The van der Waals surface area contributed by atoms with Crippen LogP contribution >= 0.6 is 0 Å². The van der Waals surface area contributed by atoms with Crippen LogP contribution in [0.3, 0.4) is 0 Å². The van der Waals surface area contributed by atoms with Gasteiger partial charge in [-0.2, -0.15) is 0 Å². The molecule has 86 valence electrons. The van der Waals surface area contributed by atoms with E-state index in [9.17, 15) is 0 Å². The van der Waals surface area contributed by atoms with Gasteiger partial charge in [-0.1, -0.05) is 19.6 Å². The summed E-state index contributed by atoms with van der Waals surface area (Å²) in [6.45, 7) is 15.1. The lowest BCUT2D eigenvalue weighted by molar-refractivity contribution is 0.723. The summed E-state index contributed by atoms with van der Waals surface area (Å²) >= 11 is 0. The third-order valence-electron chi connectivity index (χ3n) is 1.37. The smallest absolute Gasteiger partial charge is 0.173 e. The Balaban J connectivity index is 4.71. The summed E-state index contributed by atoms with van der Waals surface area (Å²) in [5.41, 5.74) is 3.33. The van der Waals surface area contributed by atoms with Crippen LogP contribution < -0.4 is 5.32 Å². The number of rotatable bonds is 2. The predicted octanol–water partition coefficient (Wildman–Crippen LogP) is 2.67. The molecule has 0 unspecified atom stereocenters. The first-order valence-electron chi connectivity index (χ1n) is 5.58. The van der Waals surface area contributed by atoms with E-state index in [1.54, 1.807) is 0 Å². The van der Waals surface area contributed by atoms with Crippen LogP contribution in [0.1, 0.15) is 27.7 Å². The van der Waals surface area contributed by atoms with Gasteiger partial charge in [0.1, 0.15) is 8.07 Å². The van der Waals surface area contributed by atoms with Crippen LogP contribution in [0.5, 0.6) is 0 Å². The lowest BCUT2D eigenvalue weighted by Gasteiger charge is -2.10. The molecule has 0 spiro atoms. The van der Waals surface area contributed by atoms with Crippen molar-refractivity contribution in [1.29, 1.82) is 0 Å². The molecule has 0 atom stereocenters. The summed E-state index contributed by atoms with van der Waals surface area (Å²) in [5, 5.41) is 3.28. The highest BCUT2D eigenvalue weighted by atomic mass is 28.3. The average Bonchev–Trinajstić information content (AvgIpc) is 1.96. The van der Waals surface area contributed by atoms with Gasteiger partial charge in [-0.3, -0.25) is 4.99 Å². The Kier molecular flexibility index (Phi) is 5.67. The zero-order valence-electron chi connectivity index (χ0n) is 11.1. The average molecular weight is 224 g/mol. The van der Waals surface area contributed by atoms with Gasteiger partial charge >= 0.3 is 0 Å². The van der Waals surface area contributed by atoms with E-state index < -0.39 is 8.07 Å². The number of amidine groups is 1. The Morgan fingerprint density at radius 1 is 1.13 bits per heavy atom. The molecule has 0 aromatic heterocycles. The SMILES string of the molecule is CC(C)N=C(C#C[Si](C)(C)C)NC(C)C. The van der Waals surface area contributed by atoms with E-state index in [-0.39, 0.29) is 0 Å². The van der Waals surface area contributed by atoms with Crippen LogP contribution in [0.2, 0.25) is 19.6 Å². The van der Waals surface area contributed by atoms with Crippen LogP contribution in [0.4, 0.5) is 0 Å². The lowest BCUT2D eigenvalue weighted by atomic mass is 10.3. The van der Waals surface area contributed by atoms with Crippen LogP contribution in [0.15, 0.2) is 4.99 Å². The maximum atomic E-state index is 4.47. The number of aliphatic imine (C=N–C) groups is 1. The molecule has 0 aliphatic carbocycles. The van der Waals surface area contributed by atoms with Gasteiger partial charge in [0.2, 0.25) is 0 Å². The van der Waals surface area contributed by atoms with E-state index in [4.69, 9.17) is 0 Å². The highest BCUT2D eigenvalue weighted by Crippen LogP contribution is 1.96. The fraction of sp³-hybridized carbons (Fsp3) is 0.750. The van der Waals surface area contributed by atoms with Crippen LogP contribution in [0.25, 0.3) is 0 Å². The molecule has 0 rings (SSSR count). The van der Waals surface area contributed by atoms with Crippen molar-refractivity contribution in [3.8, 4) is 11.5 Å². The maximum absolute atomic E-state index is 4.47. The summed E-state index contributed by atoms with van der Waals surface area (Å²) in [5.74, 6) is 4.01. The molecule has 0 aliphatic heterocycles. The molecule has 2 nitrogen and oxygen atoms in total. The fourth-order valence-electron chi connectivity index (χ4n) is 0.884. The molecule has 0 bridgehead atoms. The van der Waals surface area contributed by atoms with Crippen molar-refractivity contribution in [3.05, 3.63) is 0 Å². The zero-order valence-corrected chi connectivity index (χ0v) is 12.1. The summed E-state index contributed by atoms with van der Waals surface area (Å²) in [6.07, 6.45) is 0. The van der Waals surface area contributed by atoms with Crippen LogP contribution in [0, 0.1) is 11.5 Å². The molecule has 0 saturated heterocycles. The van der Waals surface area contributed by atoms with Gasteiger partial charge in [-0.25, -0.2) is 0 Å². The van der Waals surface area contributed by atoms with Gasteiger partial charge in [0.25, 0.3) is 0 Å². The Bertz CT molecular complexity index is 274. The maximum Gasteiger partial charge on any atom is 0.173 e. The van der Waals surface area contributed by atoms with Crippen LogP contribution in [-0.4, -0.2) is 26.0 Å². The van der Waals surface area contributed by atoms with Crippen molar-refractivity contribution in [1.82, 2.24) is 5.32 Å². The lowest BCUT2D eigenvalue weighted by Crippen LogP contribution is -2.30. The van der Waals surface area contributed by atoms with Crippen molar-refractivity contribution < 1.29 is 0 Å². The Morgan fingerprint density at radius 2 is 1.67 bits per heavy atom. The molecule has 0 aromatic rings. The molecule has 3 heteroatoms. The summed E-state index contributed by atoms with van der Waals surface area (Å²) < 4.78 is 0. The zero-order chi connectivity index (χ0) is 12.1. The van der Waals surface area contributed by atoms with Crippen molar-refractivity contribution in [3.63, 3.8) is 0 Å². The molecular formula is C12H24N2Si. The normalized spacial score (nSPS) is 12.7. The number of hydrogen-bond acceptors (Lipinski definition) is 1. The van der Waals surface area contributed by atoms with Gasteiger partial charge in [-0.05, 0) is 33.6 Å². The summed E-state index contributed by atoms with van der Waals surface area (Å²) in [4.78, 5) is 4.47. The van der Waals surface area contributed by atoms with Gasteiger partial charge in [0.15, 0.2) is 5.84 Å². The molecule has 0 aromatic carbocycles. The number of nitrogens with one attached hydrogen (secondary N) is 1. The Labute approximate surface area is 95.6 Å². The first kappa shape index (κ1) is 14.2. The van der Waals surface area contributed by atoms with E-state index in [0.717, 1.165) is 5.84 Å². The first-order chi connectivity index (χ1) is 6.70. The molecule has 0 fully saturated rings. The quantitative estimate of drug-likeness (QED) is 0.332. The molecule has 0 amide bonds. The topological polar surface area (TPSA) is 24.4 Å². The summed E-state index contributed by atoms with van der Waals surface area (Å²) in [7, 11) is -1.30. The number of nitrogens with zero attached hydrogens (tertiary/aromatic N) is 1. The van der Waals surface area contributed by atoms with Crippen molar-refractivity contribution >= 4 is 13.9 Å². The van der Waals surface area contributed by atoms with E-state index in [0.29, 0.717) is 12.1 Å². The van der Waals surface area contributed by atoms with Gasteiger partial charge < -0.3 is 5.32 Å². The Hall–Kier alpha value is -0.753. The Morgan fingerprint density at radius 3 is 2.00 bits per heavy atom. The monoisotopic (exact) mass is 224 g/mol. The third-order valence-corrected chi connectivity index (χ3v) is 2.24. The molecule has 0 radical (unpaired) electrons. The van der Waals surface area contributed by atoms with E-state index >= 15 is 0 Å². The highest BCUT2D eigenvalue weighted by molar-refractivity contribution is 6.84. The van der Waals surface area contributed by atoms with Crippen molar-refractivity contribution in [2.45, 2.75) is 59.4 Å². The molecule has 0 aliphatic rings. The van der Waals surface area contributed by atoms with E-state index in [1.807, 2.05) is 0 Å². The molecule has 15 heavy (non-hydrogen) atoms. The molecular weight excluding hydrogens is 200 g/mol. The molecule has 0 saturated carbocycles. The minimum absolute atomic E-state index is 0.294. The minimum Gasteiger partial charge on any atom is -0.361 e. The van der Waals surface area contributed by atoms with E-state index in [1.165, 1.54) is 0 Å². The van der Waals surface area contributed by atoms with Gasteiger partial charge in [-0.15, -0.1) is 5.54 Å². The second-order valence-electron chi connectivity index (χ2n) is 5.37. The van der Waals surface area contributed by atoms with Crippen molar-refractivity contribution in [2.24, 2.45) is 4.99 Å². The molecule has 1 N–H and O–H groups in total. The summed E-state index contributed by atoms with van der Waals surface area (Å²) in [6, 6.07) is 0.681. The standard InChI is InChI=1S/C12H24N2Si/c1-10(2)13-12(14-11(3)4)8-9-15(5,6)7/h10-11H,1-7H3,(H,13,14). The minimum atomic E-state index is -1.30. The number of hydrogen-bond donors (Lipinski definition) is 1. The van der Waals surface area contributed by atoms with Gasteiger partial charge in [0.05, 0.1) is 0 Å². The highest BCUT2D eigenvalue weighted by Gasteiger charge is 2.08. The second-order valence-corrected chi connectivity index (χ2v) is 10.1. The predicted molar refractivity (Wildman–Crippen MR) is 72.0 cm³/mol. The fourth-order valence-corrected chi connectivity index (χ4v) is 1.38.